The van der Waals surface area contributed by atoms with E-state index in [1.165, 1.54) is 5.56 Å². The van der Waals surface area contributed by atoms with Crippen molar-refractivity contribution >= 4 is 0 Å². The molecule has 2 nitrogen and oxygen atoms in total. The van der Waals surface area contributed by atoms with Crippen LogP contribution < -0.4 is 0 Å². The minimum Gasteiger partial charge on any atom is -0.255 e. The van der Waals surface area contributed by atoms with Crippen molar-refractivity contribution in [3.8, 4) is 11.4 Å². The van der Waals surface area contributed by atoms with Gasteiger partial charge in [-0.2, -0.15) is 0 Å². The fourth-order valence-electron chi connectivity index (χ4n) is 1.46. The Bertz CT molecular complexity index is 415. The maximum atomic E-state index is 4.36. The third-order valence-corrected chi connectivity index (χ3v) is 2.18. The lowest BCUT2D eigenvalue weighted by molar-refractivity contribution is 1.10. The van der Waals surface area contributed by atoms with Crippen LogP contribution in [0, 0.1) is 0 Å². The molecule has 0 unspecified atom stereocenters. The summed E-state index contributed by atoms with van der Waals surface area (Å²) in [4.78, 5) is 8.65. The molecule has 0 fully saturated rings. The van der Waals surface area contributed by atoms with Gasteiger partial charge in [0.2, 0.25) is 0 Å². The first kappa shape index (κ1) is 8.88. The van der Waals surface area contributed by atoms with Crippen molar-refractivity contribution in [2.24, 2.45) is 0 Å². The molecular weight excluding hydrogens is 172 g/mol. The van der Waals surface area contributed by atoms with Gasteiger partial charge in [-0.05, 0) is 30.2 Å². The fraction of sp³-hybridized carbons (Fsp3) is 0.167. The number of aryl methyl sites for hydroxylation is 1. The van der Waals surface area contributed by atoms with E-state index in [-0.39, 0.29) is 1.43 Å². The Morgan fingerprint density at radius 1 is 1.07 bits per heavy atom. The van der Waals surface area contributed by atoms with Crippen LogP contribution in [0.5, 0.6) is 0 Å². The monoisotopic (exact) mass is 186 g/mol. The Hall–Kier alpha value is -1.70. The van der Waals surface area contributed by atoms with E-state index >= 15 is 0 Å². The van der Waals surface area contributed by atoms with E-state index in [9.17, 15) is 0 Å². The van der Waals surface area contributed by atoms with Crippen LogP contribution in [0.15, 0.2) is 42.7 Å². The lowest BCUT2D eigenvalue weighted by Gasteiger charge is -2.04. The molecule has 2 rings (SSSR count). The molecule has 2 heteroatoms. The average Bonchev–Trinajstić information content (AvgIpc) is 2.30. The van der Waals surface area contributed by atoms with Crippen molar-refractivity contribution in [1.82, 2.24) is 9.97 Å². The van der Waals surface area contributed by atoms with Crippen molar-refractivity contribution < 1.29 is 1.43 Å². The van der Waals surface area contributed by atoms with Crippen LogP contribution in [0.1, 0.15) is 13.9 Å². The van der Waals surface area contributed by atoms with Crippen molar-refractivity contribution in [3.63, 3.8) is 0 Å². The van der Waals surface area contributed by atoms with Crippen molar-refractivity contribution in [2.75, 3.05) is 0 Å². The molecule has 0 atom stereocenters. The molecule has 0 N–H and O–H groups in total. The summed E-state index contributed by atoms with van der Waals surface area (Å²) in [7, 11) is 0. The van der Waals surface area contributed by atoms with Crippen LogP contribution in [0.2, 0.25) is 0 Å². The van der Waals surface area contributed by atoms with Gasteiger partial charge in [0.1, 0.15) is 0 Å². The number of pyridine rings is 2. The highest BCUT2D eigenvalue weighted by Gasteiger charge is 2.03. The summed E-state index contributed by atoms with van der Waals surface area (Å²) < 4.78 is 0. The molecule has 0 aromatic carbocycles. The lowest BCUT2D eigenvalue weighted by atomic mass is 10.1. The minimum absolute atomic E-state index is 0. The van der Waals surface area contributed by atoms with E-state index in [4.69, 9.17) is 0 Å². The molecule has 0 bridgehead atoms. The SMILES string of the molecule is CCc1cccnc1-c1ccccn1.[HH]. The highest BCUT2D eigenvalue weighted by molar-refractivity contribution is 5.58. The van der Waals surface area contributed by atoms with Crippen LogP contribution in [0.25, 0.3) is 11.4 Å². The minimum atomic E-state index is 0. The van der Waals surface area contributed by atoms with Crippen LogP contribution >= 0.6 is 0 Å². The second-order valence-electron chi connectivity index (χ2n) is 3.08. The zero-order valence-electron chi connectivity index (χ0n) is 8.14. The average molecular weight is 186 g/mol. The molecular formula is C12H14N2. The summed E-state index contributed by atoms with van der Waals surface area (Å²) in [6, 6.07) is 9.94. The highest BCUT2D eigenvalue weighted by atomic mass is 14.8. The summed E-state index contributed by atoms with van der Waals surface area (Å²) in [5.74, 6) is 0. The molecule has 2 heterocycles. The smallest absolute Gasteiger partial charge is 0.0917 e. The maximum absolute atomic E-state index is 4.36. The Balaban J connectivity index is 0.00000112. The van der Waals surface area contributed by atoms with Gasteiger partial charge < -0.3 is 0 Å². The van der Waals surface area contributed by atoms with Gasteiger partial charge in [0.15, 0.2) is 0 Å². The van der Waals surface area contributed by atoms with Gasteiger partial charge in [-0.1, -0.05) is 19.1 Å². The van der Waals surface area contributed by atoms with Gasteiger partial charge >= 0.3 is 0 Å². The van der Waals surface area contributed by atoms with E-state index in [0.29, 0.717) is 0 Å². The zero-order chi connectivity index (χ0) is 9.80. The summed E-state index contributed by atoms with van der Waals surface area (Å²) in [6.07, 6.45) is 4.59. The summed E-state index contributed by atoms with van der Waals surface area (Å²) in [6.45, 7) is 2.13. The molecule has 0 aliphatic carbocycles. The Labute approximate surface area is 85.1 Å². The third-order valence-electron chi connectivity index (χ3n) is 2.18. The Morgan fingerprint density at radius 3 is 2.64 bits per heavy atom. The number of hydrogen-bond acceptors (Lipinski definition) is 2. The second kappa shape index (κ2) is 4.01. The van der Waals surface area contributed by atoms with E-state index in [0.717, 1.165) is 17.8 Å². The summed E-state index contributed by atoms with van der Waals surface area (Å²) >= 11 is 0. The fourth-order valence-corrected chi connectivity index (χ4v) is 1.46. The molecule has 2 aromatic heterocycles. The molecule has 2 aromatic rings. The largest absolute Gasteiger partial charge is 0.255 e. The number of aromatic nitrogens is 2. The van der Waals surface area contributed by atoms with E-state index < -0.39 is 0 Å². The maximum Gasteiger partial charge on any atom is 0.0917 e. The summed E-state index contributed by atoms with van der Waals surface area (Å²) in [5.41, 5.74) is 3.19. The van der Waals surface area contributed by atoms with Crippen LogP contribution in [0.4, 0.5) is 0 Å². The quantitative estimate of drug-likeness (QED) is 0.720. The molecule has 72 valence electrons. The highest BCUT2D eigenvalue weighted by Crippen LogP contribution is 2.18. The topological polar surface area (TPSA) is 25.8 Å². The number of hydrogen-bond donors (Lipinski definition) is 0. The first-order valence-corrected chi connectivity index (χ1v) is 4.77. The van der Waals surface area contributed by atoms with Gasteiger partial charge in [-0.3, -0.25) is 9.97 Å². The van der Waals surface area contributed by atoms with Gasteiger partial charge in [0.05, 0.1) is 11.4 Å². The first-order chi connectivity index (χ1) is 6.92. The standard InChI is InChI=1S/C12H12N2.H2/c1-2-10-6-5-9-14-12(10)11-7-3-4-8-13-11;/h3-9H,2H2,1H3;1H. The Morgan fingerprint density at radius 2 is 1.93 bits per heavy atom. The van der Waals surface area contributed by atoms with Gasteiger partial charge in [-0.25, -0.2) is 0 Å². The predicted octanol–water partition coefficient (Wildman–Crippen LogP) is 2.95. The van der Waals surface area contributed by atoms with E-state index in [2.05, 4.69) is 23.0 Å². The molecule has 0 saturated heterocycles. The summed E-state index contributed by atoms with van der Waals surface area (Å²) in [5, 5.41) is 0. The molecule has 14 heavy (non-hydrogen) atoms. The van der Waals surface area contributed by atoms with Crippen molar-refractivity contribution in [3.05, 3.63) is 48.3 Å². The molecule has 0 spiro atoms. The van der Waals surface area contributed by atoms with Gasteiger partial charge in [-0.15, -0.1) is 0 Å². The zero-order valence-corrected chi connectivity index (χ0v) is 8.14. The first-order valence-electron chi connectivity index (χ1n) is 4.77. The molecule has 0 saturated carbocycles. The number of rotatable bonds is 2. The van der Waals surface area contributed by atoms with E-state index in [1.54, 1.807) is 6.20 Å². The van der Waals surface area contributed by atoms with Crippen LogP contribution in [0.3, 0.4) is 0 Å². The molecule has 0 aliphatic rings. The molecule has 0 aliphatic heterocycles. The van der Waals surface area contributed by atoms with Gasteiger partial charge in [0.25, 0.3) is 0 Å². The van der Waals surface area contributed by atoms with E-state index in [1.807, 2.05) is 30.5 Å². The van der Waals surface area contributed by atoms with Crippen molar-refractivity contribution in [2.45, 2.75) is 13.3 Å². The Kier molecular flexibility index (Phi) is 2.54. The lowest BCUT2D eigenvalue weighted by Crippen LogP contribution is -1.92. The number of nitrogens with zero attached hydrogens (tertiary/aromatic N) is 2. The third kappa shape index (κ3) is 1.64. The van der Waals surface area contributed by atoms with Crippen molar-refractivity contribution in [1.29, 1.82) is 0 Å². The normalized spacial score (nSPS) is 10.1. The molecule has 0 amide bonds. The van der Waals surface area contributed by atoms with Crippen LogP contribution in [-0.2, 0) is 6.42 Å². The molecule has 0 radical (unpaired) electrons. The second-order valence-corrected chi connectivity index (χ2v) is 3.08. The predicted molar refractivity (Wildman–Crippen MR) is 59.0 cm³/mol. The van der Waals surface area contributed by atoms with Gasteiger partial charge in [0, 0.05) is 13.8 Å². The van der Waals surface area contributed by atoms with Crippen LogP contribution in [-0.4, -0.2) is 9.97 Å².